The first-order valence-corrected chi connectivity index (χ1v) is 12.2. The molecule has 2 saturated heterocycles. The van der Waals surface area contributed by atoms with Crippen LogP contribution >= 0.6 is 11.8 Å². The summed E-state index contributed by atoms with van der Waals surface area (Å²) in [6.45, 7) is 1.94. The number of fused-ring (bicyclic) bond motifs is 1. The lowest BCUT2D eigenvalue weighted by Crippen LogP contribution is -2.46. The fourth-order valence-electron chi connectivity index (χ4n) is 4.10. The van der Waals surface area contributed by atoms with Crippen molar-refractivity contribution in [1.29, 1.82) is 0 Å². The summed E-state index contributed by atoms with van der Waals surface area (Å²) in [7, 11) is 0. The summed E-state index contributed by atoms with van der Waals surface area (Å²) in [6, 6.07) is 21.5. The average molecular weight is 489 g/mol. The largest absolute Gasteiger partial charge is 0.488 e. The second kappa shape index (κ2) is 10.3. The van der Waals surface area contributed by atoms with Crippen LogP contribution in [0.4, 0.5) is 4.79 Å². The zero-order chi connectivity index (χ0) is 24.2. The molecule has 178 valence electrons. The van der Waals surface area contributed by atoms with Gasteiger partial charge in [0.2, 0.25) is 5.91 Å². The number of carbonyl (C=O) groups excluding carboxylic acids is 3. The molecule has 5 rings (SSSR count). The van der Waals surface area contributed by atoms with Gasteiger partial charge in [0.1, 0.15) is 18.9 Å². The Bertz CT molecular complexity index is 1300. The lowest BCUT2D eigenvalue weighted by atomic mass is 10.0. The topological polar surface area (TPSA) is 76.2 Å². The van der Waals surface area contributed by atoms with Gasteiger partial charge in [0.05, 0.1) is 18.1 Å². The quantitative estimate of drug-likeness (QED) is 0.481. The maximum atomic E-state index is 13.1. The predicted octanol–water partition coefficient (Wildman–Crippen LogP) is 4.31. The van der Waals surface area contributed by atoms with Gasteiger partial charge in [-0.1, -0.05) is 60.7 Å². The molecule has 0 atom stereocenters. The Morgan fingerprint density at radius 2 is 1.71 bits per heavy atom. The number of ether oxygens (including phenoxy) is 2. The Kier molecular flexibility index (Phi) is 6.83. The van der Waals surface area contributed by atoms with Gasteiger partial charge in [-0.15, -0.1) is 0 Å². The van der Waals surface area contributed by atoms with E-state index >= 15 is 0 Å². The van der Waals surface area contributed by atoms with Gasteiger partial charge in [0.15, 0.2) is 0 Å². The van der Waals surface area contributed by atoms with E-state index in [4.69, 9.17) is 9.47 Å². The van der Waals surface area contributed by atoms with E-state index < -0.39 is 11.1 Å². The first-order valence-electron chi connectivity index (χ1n) is 11.4. The first-order chi connectivity index (χ1) is 17.1. The van der Waals surface area contributed by atoms with E-state index in [9.17, 15) is 14.4 Å². The van der Waals surface area contributed by atoms with Crippen LogP contribution in [0, 0.1) is 0 Å². The van der Waals surface area contributed by atoms with Gasteiger partial charge >= 0.3 is 0 Å². The second-order valence-electron chi connectivity index (χ2n) is 8.23. The average Bonchev–Trinajstić information content (AvgIpc) is 3.16. The minimum atomic E-state index is -0.469. The summed E-state index contributed by atoms with van der Waals surface area (Å²) in [6.07, 6.45) is 1.70. The molecule has 7 nitrogen and oxygen atoms in total. The van der Waals surface area contributed by atoms with Crippen molar-refractivity contribution in [3.8, 4) is 5.75 Å². The number of benzene rings is 3. The Labute approximate surface area is 207 Å². The molecule has 3 aromatic rings. The third-order valence-electron chi connectivity index (χ3n) is 5.97. The third-order valence-corrected chi connectivity index (χ3v) is 6.88. The standard InChI is InChI=1S/C27H24N2O5S/c30-25(28-12-14-33-15-13-28)17-29-26(31)24(35-27(29)32)16-22-21-9-5-4-8-20(21)10-11-23(22)34-18-19-6-2-1-3-7-19/h1-11,16H,12-15,17-18H2/b24-16+. The second-order valence-corrected chi connectivity index (χ2v) is 9.23. The van der Waals surface area contributed by atoms with Crippen molar-refractivity contribution in [3.63, 3.8) is 0 Å². The highest BCUT2D eigenvalue weighted by Crippen LogP contribution is 2.37. The first kappa shape index (κ1) is 23.1. The molecule has 0 unspecified atom stereocenters. The summed E-state index contributed by atoms with van der Waals surface area (Å²) in [5.41, 5.74) is 1.75. The maximum absolute atomic E-state index is 13.1. The molecule has 2 aliphatic rings. The molecule has 0 spiro atoms. The van der Waals surface area contributed by atoms with Crippen LogP contribution in [0.2, 0.25) is 0 Å². The van der Waals surface area contributed by atoms with Crippen LogP contribution in [-0.2, 0) is 20.9 Å². The number of carbonyl (C=O) groups is 3. The van der Waals surface area contributed by atoms with E-state index in [1.54, 1.807) is 11.0 Å². The summed E-state index contributed by atoms with van der Waals surface area (Å²) in [4.78, 5) is 41.4. The van der Waals surface area contributed by atoms with Crippen LogP contribution in [0.25, 0.3) is 16.8 Å². The van der Waals surface area contributed by atoms with E-state index in [2.05, 4.69) is 0 Å². The van der Waals surface area contributed by atoms with Crippen molar-refractivity contribution in [2.45, 2.75) is 6.61 Å². The van der Waals surface area contributed by atoms with Gasteiger partial charge in [0, 0.05) is 18.7 Å². The SMILES string of the molecule is O=C(CN1C(=O)S/C(=C/c2c(OCc3ccccc3)ccc3ccccc23)C1=O)N1CCOCC1. The summed E-state index contributed by atoms with van der Waals surface area (Å²) in [5, 5.41) is 1.46. The number of amides is 3. The van der Waals surface area contributed by atoms with E-state index in [0.29, 0.717) is 38.7 Å². The number of imide groups is 1. The Hall–Kier alpha value is -3.62. The number of hydrogen-bond donors (Lipinski definition) is 0. The molecular formula is C27H24N2O5S. The van der Waals surface area contributed by atoms with Gasteiger partial charge in [0.25, 0.3) is 11.1 Å². The van der Waals surface area contributed by atoms with Crippen molar-refractivity contribution < 1.29 is 23.9 Å². The molecule has 2 heterocycles. The van der Waals surface area contributed by atoms with Crippen LogP contribution in [0.5, 0.6) is 5.75 Å². The zero-order valence-electron chi connectivity index (χ0n) is 19.0. The normalized spacial score (nSPS) is 17.4. The Balaban J connectivity index is 1.42. The number of nitrogens with zero attached hydrogens (tertiary/aromatic N) is 2. The molecule has 0 saturated carbocycles. The van der Waals surface area contributed by atoms with E-state index in [1.165, 1.54) is 0 Å². The van der Waals surface area contributed by atoms with E-state index in [0.717, 1.165) is 38.6 Å². The van der Waals surface area contributed by atoms with Crippen LogP contribution in [-0.4, -0.2) is 59.7 Å². The molecule has 2 aliphatic heterocycles. The summed E-state index contributed by atoms with van der Waals surface area (Å²) >= 11 is 0.845. The molecule has 0 N–H and O–H groups in total. The summed E-state index contributed by atoms with van der Waals surface area (Å²) in [5.74, 6) is -0.110. The molecule has 3 aromatic carbocycles. The lowest BCUT2D eigenvalue weighted by molar-refractivity contribution is -0.139. The molecule has 35 heavy (non-hydrogen) atoms. The highest BCUT2D eigenvalue weighted by Gasteiger charge is 2.37. The van der Waals surface area contributed by atoms with Gasteiger partial charge in [-0.2, -0.15) is 0 Å². The van der Waals surface area contributed by atoms with Crippen LogP contribution in [0.3, 0.4) is 0 Å². The molecule has 0 aromatic heterocycles. The molecule has 0 aliphatic carbocycles. The summed E-state index contributed by atoms with van der Waals surface area (Å²) < 4.78 is 11.4. The van der Waals surface area contributed by atoms with E-state index in [-0.39, 0.29) is 17.4 Å². The van der Waals surface area contributed by atoms with E-state index in [1.807, 2.05) is 66.7 Å². The Morgan fingerprint density at radius 1 is 0.971 bits per heavy atom. The lowest BCUT2D eigenvalue weighted by Gasteiger charge is -2.28. The van der Waals surface area contributed by atoms with Crippen LogP contribution < -0.4 is 4.74 Å². The maximum Gasteiger partial charge on any atom is 0.294 e. The minimum Gasteiger partial charge on any atom is -0.488 e. The fraction of sp³-hybridized carbons (Fsp3) is 0.222. The number of morpholine rings is 1. The number of thioether (sulfide) groups is 1. The van der Waals surface area contributed by atoms with Gasteiger partial charge < -0.3 is 14.4 Å². The molecule has 3 amide bonds. The minimum absolute atomic E-state index is 0.256. The van der Waals surface area contributed by atoms with Crippen molar-refractivity contribution in [2.75, 3.05) is 32.8 Å². The van der Waals surface area contributed by atoms with Crippen LogP contribution in [0.1, 0.15) is 11.1 Å². The third kappa shape index (κ3) is 5.08. The zero-order valence-corrected chi connectivity index (χ0v) is 19.8. The van der Waals surface area contributed by atoms with Crippen molar-refractivity contribution in [3.05, 3.63) is 82.8 Å². The predicted molar refractivity (Wildman–Crippen MR) is 135 cm³/mol. The molecule has 0 radical (unpaired) electrons. The van der Waals surface area contributed by atoms with Crippen molar-refractivity contribution >= 4 is 45.7 Å². The molecule has 8 heteroatoms. The van der Waals surface area contributed by atoms with Gasteiger partial charge in [-0.3, -0.25) is 19.3 Å². The van der Waals surface area contributed by atoms with Crippen LogP contribution in [0.15, 0.2) is 71.6 Å². The van der Waals surface area contributed by atoms with Crippen molar-refractivity contribution in [2.24, 2.45) is 0 Å². The van der Waals surface area contributed by atoms with Gasteiger partial charge in [-0.05, 0) is 40.2 Å². The molecule has 0 bridgehead atoms. The molecular weight excluding hydrogens is 464 g/mol. The smallest absolute Gasteiger partial charge is 0.294 e. The fourth-order valence-corrected chi connectivity index (χ4v) is 4.92. The van der Waals surface area contributed by atoms with Crippen molar-refractivity contribution in [1.82, 2.24) is 9.80 Å². The highest BCUT2D eigenvalue weighted by molar-refractivity contribution is 8.18. The van der Waals surface area contributed by atoms with Gasteiger partial charge in [-0.25, -0.2) is 0 Å². The number of hydrogen-bond acceptors (Lipinski definition) is 6. The number of rotatable bonds is 6. The monoisotopic (exact) mass is 488 g/mol. The Morgan fingerprint density at radius 3 is 2.51 bits per heavy atom. The molecule has 2 fully saturated rings. The highest BCUT2D eigenvalue weighted by atomic mass is 32.2.